The predicted molar refractivity (Wildman–Crippen MR) is 144 cm³/mol. The highest BCUT2D eigenvalue weighted by atomic mass is 19.4. The largest absolute Gasteiger partial charge is 0.416 e. The molecule has 1 aromatic rings. The summed E-state index contributed by atoms with van der Waals surface area (Å²) in [6, 6.07) is 5.63. The smallest absolute Gasteiger partial charge is 0.378 e. The molecule has 220 valence electrons. The topological polar surface area (TPSA) is 18.5 Å². The lowest BCUT2D eigenvalue weighted by atomic mass is 9.77. The molecule has 39 heavy (non-hydrogen) atoms. The van der Waals surface area contributed by atoms with Crippen LogP contribution >= 0.6 is 0 Å². The zero-order valence-corrected chi connectivity index (χ0v) is 23.2. The molecule has 2 nitrogen and oxygen atoms in total. The van der Waals surface area contributed by atoms with Gasteiger partial charge in [0, 0.05) is 6.61 Å². The highest BCUT2D eigenvalue weighted by Gasteiger charge is 2.45. The van der Waals surface area contributed by atoms with Crippen molar-refractivity contribution in [3.8, 4) is 0 Å². The van der Waals surface area contributed by atoms with Crippen LogP contribution in [0.4, 0.5) is 22.0 Å². The van der Waals surface area contributed by atoms with Crippen molar-refractivity contribution in [3.05, 3.63) is 47.5 Å². The van der Waals surface area contributed by atoms with Gasteiger partial charge in [0.05, 0.1) is 23.7 Å². The summed E-state index contributed by atoms with van der Waals surface area (Å²) in [6.07, 6.45) is 8.44. The van der Waals surface area contributed by atoms with Crippen LogP contribution in [0.5, 0.6) is 0 Å². The molecule has 0 spiro atoms. The van der Waals surface area contributed by atoms with E-state index in [1.807, 2.05) is 0 Å². The average molecular weight is 557 g/mol. The van der Waals surface area contributed by atoms with E-state index in [1.165, 1.54) is 12.1 Å². The van der Waals surface area contributed by atoms with Gasteiger partial charge in [-0.05, 0) is 119 Å². The van der Waals surface area contributed by atoms with Gasteiger partial charge in [-0.15, -0.1) is 0 Å². The van der Waals surface area contributed by atoms with E-state index < -0.39 is 23.8 Å². The summed E-state index contributed by atoms with van der Waals surface area (Å²) in [6.45, 7) is 2.84. The Hall–Kier alpha value is -1.47. The van der Waals surface area contributed by atoms with Gasteiger partial charge in [-0.2, -0.15) is 22.0 Å². The number of alkyl halides is 5. The van der Waals surface area contributed by atoms with Crippen LogP contribution in [0.2, 0.25) is 0 Å². The highest BCUT2D eigenvalue weighted by molar-refractivity contribution is 5.27. The van der Waals surface area contributed by atoms with E-state index >= 15 is 0 Å². The van der Waals surface area contributed by atoms with E-state index in [-0.39, 0.29) is 12.2 Å². The van der Waals surface area contributed by atoms with Gasteiger partial charge in [-0.3, -0.25) is 0 Å². The van der Waals surface area contributed by atoms with E-state index in [1.54, 1.807) is 12.1 Å². The van der Waals surface area contributed by atoms with Gasteiger partial charge in [0.15, 0.2) is 0 Å². The van der Waals surface area contributed by atoms with Crippen molar-refractivity contribution in [2.75, 3.05) is 6.61 Å². The van der Waals surface area contributed by atoms with Crippen molar-refractivity contribution in [1.82, 2.24) is 0 Å². The number of benzene rings is 1. The van der Waals surface area contributed by atoms with Crippen LogP contribution in [-0.2, 0) is 15.7 Å². The molecule has 0 amide bonds. The molecule has 0 saturated heterocycles. The van der Waals surface area contributed by atoms with Crippen molar-refractivity contribution in [1.29, 1.82) is 0 Å². The Morgan fingerprint density at radius 3 is 1.79 bits per heavy atom. The lowest BCUT2D eigenvalue weighted by molar-refractivity contribution is -0.302. The van der Waals surface area contributed by atoms with Gasteiger partial charge in [-0.1, -0.05) is 37.6 Å². The SMILES string of the molecule is CCCCOC1CCC(C(F)(F)OC2CCC(/C=C/C3CCC(c4ccc(C(F)(F)F)cc4)CC3)CC2)CC1. The summed E-state index contributed by atoms with van der Waals surface area (Å²) < 4.78 is 79.5. The number of allylic oxidation sites excluding steroid dienone is 2. The summed E-state index contributed by atoms with van der Waals surface area (Å²) in [5.74, 6) is 0.491. The Morgan fingerprint density at radius 2 is 1.26 bits per heavy atom. The molecule has 3 saturated carbocycles. The molecule has 0 unspecified atom stereocenters. The Labute approximate surface area is 230 Å². The lowest BCUT2D eigenvalue weighted by Gasteiger charge is -2.36. The number of halogens is 5. The third-order valence-corrected chi connectivity index (χ3v) is 9.18. The van der Waals surface area contributed by atoms with Gasteiger partial charge in [0.1, 0.15) is 0 Å². The first kappa shape index (κ1) is 30.5. The number of hydrogen-bond donors (Lipinski definition) is 0. The van der Waals surface area contributed by atoms with Crippen LogP contribution in [0.1, 0.15) is 114 Å². The molecular weight excluding hydrogens is 511 g/mol. The summed E-state index contributed by atoms with van der Waals surface area (Å²) >= 11 is 0. The lowest BCUT2D eigenvalue weighted by Crippen LogP contribution is -2.40. The third-order valence-electron chi connectivity index (χ3n) is 9.18. The summed E-state index contributed by atoms with van der Waals surface area (Å²) in [7, 11) is 0. The first-order valence-corrected chi connectivity index (χ1v) is 15.2. The average Bonchev–Trinajstić information content (AvgIpc) is 2.93. The standard InChI is InChI=1S/C32H45F5O2/c1-2-3-22-38-29-20-16-28(17-21-29)32(36,37)39-30-18-8-24(9-19-30)5-4-23-6-10-25(11-7-23)26-12-14-27(15-13-26)31(33,34)35/h4-5,12-15,23-25,28-30H,2-3,6-11,16-22H2,1H3/b5-4+. The first-order valence-electron chi connectivity index (χ1n) is 15.2. The van der Waals surface area contributed by atoms with E-state index in [0.717, 1.165) is 63.5 Å². The molecule has 0 N–H and O–H groups in total. The number of unbranched alkanes of at least 4 members (excludes halogenated alkanes) is 1. The molecule has 7 heteroatoms. The van der Waals surface area contributed by atoms with Crippen molar-refractivity contribution in [3.63, 3.8) is 0 Å². The molecule has 0 radical (unpaired) electrons. The maximum Gasteiger partial charge on any atom is 0.416 e. The molecule has 0 aliphatic heterocycles. The molecule has 3 aliphatic rings. The third kappa shape index (κ3) is 9.01. The van der Waals surface area contributed by atoms with Gasteiger partial charge < -0.3 is 9.47 Å². The van der Waals surface area contributed by atoms with Crippen LogP contribution in [0, 0.1) is 17.8 Å². The minimum atomic E-state index is -4.30. The van der Waals surface area contributed by atoms with Crippen LogP contribution in [-0.4, -0.2) is 24.9 Å². The molecule has 0 heterocycles. The second kappa shape index (κ2) is 13.9. The number of rotatable bonds is 10. The van der Waals surface area contributed by atoms with Gasteiger partial charge in [0.2, 0.25) is 0 Å². The normalized spacial score (nSPS) is 31.0. The Morgan fingerprint density at radius 1 is 0.718 bits per heavy atom. The highest BCUT2D eigenvalue weighted by Crippen LogP contribution is 2.42. The molecule has 3 fully saturated rings. The predicted octanol–water partition coefficient (Wildman–Crippen LogP) is 10.1. The van der Waals surface area contributed by atoms with Gasteiger partial charge >= 0.3 is 12.3 Å². The van der Waals surface area contributed by atoms with E-state index in [4.69, 9.17) is 9.47 Å². The van der Waals surface area contributed by atoms with E-state index in [2.05, 4.69) is 19.1 Å². The summed E-state index contributed by atoms with van der Waals surface area (Å²) in [4.78, 5) is 0. The summed E-state index contributed by atoms with van der Waals surface area (Å²) in [5, 5.41) is 0. The maximum atomic E-state index is 14.9. The monoisotopic (exact) mass is 556 g/mol. The molecule has 3 aliphatic carbocycles. The van der Waals surface area contributed by atoms with Crippen molar-refractivity contribution >= 4 is 0 Å². The maximum absolute atomic E-state index is 14.9. The van der Waals surface area contributed by atoms with Crippen LogP contribution in [0.15, 0.2) is 36.4 Å². The minimum Gasteiger partial charge on any atom is -0.378 e. The zero-order chi connectivity index (χ0) is 27.9. The molecule has 4 rings (SSSR count). The van der Waals surface area contributed by atoms with E-state index in [0.29, 0.717) is 56.3 Å². The molecule has 0 aromatic heterocycles. The Kier molecular flexibility index (Phi) is 10.9. The van der Waals surface area contributed by atoms with E-state index in [9.17, 15) is 22.0 Å². The van der Waals surface area contributed by atoms with Crippen molar-refractivity contribution < 1.29 is 31.4 Å². The number of hydrogen-bond acceptors (Lipinski definition) is 2. The van der Waals surface area contributed by atoms with Gasteiger partial charge in [-0.25, -0.2) is 0 Å². The molecular formula is C32H45F5O2. The van der Waals surface area contributed by atoms with Crippen molar-refractivity contribution in [2.45, 2.75) is 127 Å². The number of ether oxygens (including phenoxy) is 2. The molecule has 0 atom stereocenters. The fourth-order valence-electron chi connectivity index (χ4n) is 6.58. The first-order chi connectivity index (χ1) is 18.6. The van der Waals surface area contributed by atoms with Gasteiger partial charge in [0.25, 0.3) is 0 Å². The van der Waals surface area contributed by atoms with Crippen LogP contribution < -0.4 is 0 Å². The second-order valence-corrected chi connectivity index (χ2v) is 12.0. The Bertz CT molecular complexity index is 873. The van der Waals surface area contributed by atoms with Crippen LogP contribution in [0.3, 0.4) is 0 Å². The van der Waals surface area contributed by atoms with Crippen molar-refractivity contribution in [2.24, 2.45) is 17.8 Å². The molecule has 0 bridgehead atoms. The fourth-order valence-corrected chi connectivity index (χ4v) is 6.58. The second-order valence-electron chi connectivity index (χ2n) is 12.0. The molecule has 1 aromatic carbocycles. The zero-order valence-electron chi connectivity index (χ0n) is 23.2. The fraction of sp³-hybridized carbons (Fsp3) is 0.750. The van der Waals surface area contributed by atoms with Crippen LogP contribution in [0.25, 0.3) is 0 Å². The Balaban J connectivity index is 1.14. The summed E-state index contributed by atoms with van der Waals surface area (Å²) in [5.41, 5.74) is 0.399. The quantitative estimate of drug-likeness (QED) is 0.162. The minimum absolute atomic E-state index is 0.116.